The Kier molecular flexibility index (Phi) is 5.08. The van der Waals surface area contributed by atoms with E-state index in [-0.39, 0.29) is 48.1 Å². The van der Waals surface area contributed by atoms with Gasteiger partial charge in [0, 0.05) is 39.4 Å². The summed E-state index contributed by atoms with van der Waals surface area (Å²) in [5.41, 5.74) is 5.16. The van der Waals surface area contributed by atoms with E-state index >= 15 is 0 Å². The van der Waals surface area contributed by atoms with Crippen molar-refractivity contribution >= 4 is 27.3 Å². The Morgan fingerprint density at radius 1 is 1.21 bits per heavy atom. The molecule has 28 heavy (non-hydrogen) atoms. The third kappa shape index (κ3) is 3.55. The smallest absolute Gasteiger partial charge is 0.295 e. The first-order chi connectivity index (χ1) is 13.1. The van der Waals surface area contributed by atoms with Gasteiger partial charge in [0.15, 0.2) is 0 Å². The highest BCUT2D eigenvalue weighted by atomic mass is 32.2. The second-order valence-corrected chi connectivity index (χ2v) is 8.26. The van der Waals surface area contributed by atoms with Crippen LogP contribution in [0.3, 0.4) is 0 Å². The molecule has 1 aromatic heterocycles. The van der Waals surface area contributed by atoms with Gasteiger partial charge in [-0.05, 0) is 18.2 Å². The van der Waals surface area contributed by atoms with E-state index in [0.29, 0.717) is 0 Å². The van der Waals surface area contributed by atoms with E-state index in [1.54, 1.807) is 4.90 Å². The van der Waals surface area contributed by atoms with Crippen LogP contribution < -0.4 is 10.6 Å². The molecule has 12 heteroatoms. The molecule has 3 rings (SSSR count). The number of halogens is 1. The Morgan fingerprint density at radius 3 is 2.39 bits per heavy atom. The Morgan fingerprint density at radius 2 is 1.86 bits per heavy atom. The van der Waals surface area contributed by atoms with Crippen LogP contribution in [0.15, 0.2) is 35.4 Å². The third-order valence-corrected chi connectivity index (χ3v) is 6.45. The van der Waals surface area contributed by atoms with Crippen molar-refractivity contribution in [3.8, 4) is 0 Å². The molecule has 150 valence electrons. The molecule has 1 aliphatic heterocycles. The number of nitrogens with zero attached hydrogens (tertiary/aromatic N) is 4. The van der Waals surface area contributed by atoms with Crippen molar-refractivity contribution in [3.05, 3.63) is 52.1 Å². The van der Waals surface area contributed by atoms with E-state index in [4.69, 9.17) is 5.73 Å². The van der Waals surface area contributed by atoms with Gasteiger partial charge in [0.1, 0.15) is 22.1 Å². The van der Waals surface area contributed by atoms with Crippen LogP contribution in [0, 0.1) is 15.9 Å². The molecule has 1 aliphatic rings. The summed E-state index contributed by atoms with van der Waals surface area (Å²) in [6.07, 6.45) is 1.31. The first kappa shape index (κ1) is 19.8. The SMILES string of the molecule is Cn1cc(S(=O)(=O)N2CCN(c3ccc(F)cc3[N+](=O)[O-])CC2)cc1C(N)=O. The zero-order chi connectivity index (χ0) is 20.6. The molecule has 2 aromatic rings. The van der Waals surface area contributed by atoms with E-state index in [9.17, 15) is 27.7 Å². The molecule has 0 spiro atoms. The summed E-state index contributed by atoms with van der Waals surface area (Å²) in [7, 11) is -2.33. The van der Waals surface area contributed by atoms with Gasteiger partial charge in [0.25, 0.3) is 11.6 Å². The van der Waals surface area contributed by atoms with Crippen LogP contribution >= 0.6 is 0 Å². The lowest BCUT2D eigenvalue weighted by Crippen LogP contribution is -2.48. The van der Waals surface area contributed by atoms with Gasteiger partial charge in [-0.2, -0.15) is 4.31 Å². The minimum atomic E-state index is -3.85. The predicted octanol–water partition coefficient (Wildman–Crippen LogP) is 0.682. The molecule has 2 N–H and O–H groups in total. The fourth-order valence-corrected chi connectivity index (χ4v) is 4.64. The summed E-state index contributed by atoms with van der Waals surface area (Å²) in [5.74, 6) is -1.46. The quantitative estimate of drug-likeness (QED) is 0.568. The molecular formula is C16H18FN5O5S. The fourth-order valence-electron chi connectivity index (χ4n) is 3.15. The second kappa shape index (κ2) is 7.20. The van der Waals surface area contributed by atoms with Crippen LogP contribution in [0.4, 0.5) is 15.8 Å². The standard InChI is InChI=1S/C16H18FN5O5S/c1-19-10-12(9-15(19)16(18)23)28(26,27)21-6-4-20(5-7-21)13-3-2-11(17)8-14(13)22(24)25/h2-3,8-10H,4-7H2,1H3,(H2,18,23). The van der Waals surface area contributed by atoms with Crippen molar-refractivity contribution in [1.82, 2.24) is 8.87 Å². The number of piperazine rings is 1. The van der Waals surface area contributed by atoms with Crippen molar-refractivity contribution in [2.45, 2.75) is 4.90 Å². The molecule has 0 atom stereocenters. The van der Waals surface area contributed by atoms with E-state index in [1.807, 2.05) is 0 Å². The highest BCUT2D eigenvalue weighted by Crippen LogP contribution is 2.30. The van der Waals surface area contributed by atoms with Crippen LogP contribution in [-0.4, -0.2) is 54.3 Å². The highest BCUT2D eigenvalue weighted by Gasteiger charge is 2.32. The first-order valence-electron chi connectivity index (χ1n) is 8.26. The van der Waals surface area contributed by atoms with Crippen molar-refractivity contribution in [2.24, 2.45) is 12.8 Å². The molecule has 1 amide bonds. The summed E-state index contributed by atoms with van der Waals surface area (Å²) in [6, 6.07) is 4.50. The predicted molar refractivity (Wildman–Crippen MR) is 98.0 cm³/mol. The number of aromatic nitrogens is 1. The Bertz CT molecular complexity index is 1040. The number of nitro groups is 1. The molecule has 0 radical (unpaired) electrons. The number of carbonyl (C=O) groups excluding carboxylic acids is 1. The van der Waals surface area contributed by atoms with Gasteiger partial charge in [-0.1, -0.05) is 0 Å². The van der Waals surface area contributed by atoms with Gasteiger partial charge in [-0.15, -0.1) is 0 Å². The molecule has 0 saturated carbocycles. The van der Waals surface area contributed by atoms with Crippen molar-refractivity contribution < 1.29 is 22.5 Å². The van der Waals surface area contributed by atoms with Crippen LogP contribution in [0.5, 0.6) is 0 Å². The highest BCUT2D eigenvalue weighted by molar-refractivity contribution is 7.89. The molecule has 1 fully saturated rings. The maximum Gasteiger partial charge on any atom is 0.295 e. The van der Waals surface area contributed by atoms with Crippen molar-refractivity contribution in [1.29, 1.82) is 0 Å². The molecule has 1 saturated heterocycles. The fraction of sp³-hybridized carbons (Fsp3) is 0.312. The third-order valence-electron chi connectivity index (χ3n) is 4.58. The number of aryl methyl sites for hydroxylation is 1. The van der Waals surface area contributed by atoms with E-state index in [2.05, 4.69) is 0 Å². The lowest BCUT2D eigenvalue weighted by atomic mass is 10.2. The Balaban J connectivity index is 1.79. The van der Waals surface area contributed by atoms with Gasteiger partial charge in [0.2, 0.25) is 10.0 Å². The minimum absolute atomic E-state index is 0.0509. The van der Waals surface area contributed by atoms with Crippen LogP contribution in [0.25, 0.3) is 0 Å². The maximum absolute atomic E-state index is 13.3. The lowest BCUT2D eigenvalue weighted by molar-refractivity contribution is -0.384. The zero-order valence-corrected chi connectivity index (χ0v) is 15.7. The molecule has 0 bridgehead atoms. The van der Waals surface area contributed by atoms with Crippen molar-refractivity contribution in [3.63, 3.8) is 0 Å². The van der Waals surface area contributed by atoms with Crippen molar-refractivity contribution in [2.75, 3.05) is 31.1 Å². The summed E-state index contributed by atoms with van der Waals surface area (Å²) in [5, 5.41) is 11.2. The number of nitro benzene ring substituents is 1. The largest absolute Gasteiger partial charge is 0.364 e. The van der Waals surface area contributed by atoms with Gasteiger partial charge in [-0.3, -0.25) is 14.9 Å². The molecule has 10 nitrogen and oxygen atoms in total. The minimum Gasteiger partial charge on any atom is -0.364 e. The molecule has 2 heterocycles. The molecule has 0 unspecified atom stereocenters. The summed E-state index contributed by atoms with van der Waals surface area (Å²) >= 11 is 0. The van der Waals surface area contributed by atoms with Crippen LogP contribution in [-0.2, 0) is 17.1 Å². The van der Waals surface area contributed by atoms with Gasteiger partial charge >= 0.3 is 0 Å². The normalized spacial score (nSPS) is 15.6. The maximum atomic E-state index is 13.3. The topological polar surface area (TPSA) is 132 Å². The van der Waals surface area contributed by atoms with E-state index in [1.165, 1.54) is 34.2 Å². The monoisotopic (exact) mass is 411 g/mol. The summed E-state index contributed by atoms with van der Waals surface area (Å²) in [4.78, 5) is 23.5. The number of primary amides is 1. The zero-order valence-electron chi connectivity index (χ0n) is 14.9. The van der Waals surface area contributed by atoms with Crippen LogP contribution in [0.1, 0.15) is 10.5 Å². The lowest BCUT2D eigenvalue weighted by Gasteiger charge is -2.34. The average molecular weight is 411 g/mol. The summed E-state index contributed by atoms with van der Waals surface area (Å²) in [6.45, 7) is 0.553. The van der Waals surface area contributed by atoms with Gasteiger partial charge < -0.3 is 15.2 Å². The molecular weight excluding hydrogens is 393 g/mol. The Labute approximate surface area is 160 Å². The average Bonchev–Trinajstić information content (AvgIpc) is 3.04. The number of carbonyl (C=O) groups is 1. The first-order valence-corrected chi connectivity index (χ1v) is 9.70. The van der Waals surface area contributed by atoms with Gasteiger partial charge in [-0.25, -0.2) is 12.8 Å². The number of anilines is 1. The van der Waals surface area contributed by atoms with E-state index in [0.717, 1.165) is 12.1 Å². The number of amides is 1. The van der Waals surface area contributed by atoms with Gasteiger partial charge in [0.05, 0.1) is 11.0 Å². The number of rotatable bonds is 5. The number of hydrogen-bond acceptors (Lipinski definition) is 6. The second-order valence-electron chi connectivity index (χ2n) is 6.32. The number of sulfonamides is 1. The van der Waals surface area contributed by atoms with Crippen LogP contribution in [0.2, 0.25) is 0 Å². The molecule has 0 aliphatic carbocycles. The Hall–Kier alpha value is -2.99. The summed E-state index contributed by atoms with van der Waals surface area (Å²) < 4.78 is 41.5. The molecule has 1 aromatic carbocycles. The number of hydrogen-bond donors (Lipinski definition) is 1. The number of nitrogens with two attached hydrogens (primary N) is 1. The number of benzene rings is 1. The van der Waals surface area contributed by atoms with E-state index < -0.39 is 26.7 Å².